The van der Waals surface area contributed by atoms with Gasteiger partial charge < -0.3 is 27.3 Å². The van der Waals surface area contributed by atoms with Crippen LogP contribution in [0.2, 0.25) is 5.15 Å². The summed E-state index contributed by atoms with van der Waals surface area (Å²) in [6.07, 6.45) is 3.34. The van der Waals surface area contributed by atoms with Crippen LogP contribution in [0.1, 0.15) is 53.7 Å². The van der Waals surface area contributed by atoms with E-state index in [0.29, 0.717) is 26.0 Å². The van der Waals surface area contributed by atoms with Gasteiger partial charge in [-0.2, -0.15) is 0 Å². The van der Waals surface area contributed by atoms with Crippen molar-refractivity contribution < 1.29 is 14.3 Å². The van der Waals surface area contributed by atoms with Gasteiger partial charge in [0.15, 0.2) is 22.6 Å². The van der Waals surface area contributed by atoms with Crippen molar-refractivity contribution in [3.63, 3.8) is 0 Å². The molecule has 3 rings (SSSR count). The van der Waals surface area contributed by atoms with Crippen molar-refractivity contribution in [1.29, 1.82) is 0 Å². The Balaban J connectivity index is 1.27. The molecule has 9 nitrogen and oxygen atoms in total. The van der Waals surface area contributed by atoms with E-state index in [4.69, 9.17) is 33.5 Å². The first-order chi connectivity index (χ1) is 17.8. The van der Waals surface area contributed by atoms with Gasteiger partial charge in [-0.3, -0.25) is 9.59 Å². The van der Waals surface area contributed by atoms with Gasteiger partial charge in [0, 0.05) is 19.0 Å². The van der Waals surface area contributed by atoms with E-state index in [1.807, 2.05) is 54.6 Å². The van der Waals surface area contributed by atoms with Gasteiger partial charge in [-0.15, -0.1) is 0 Å². The van der Waals surface area contributed by atoms with Gasteiger partial charge in [0.2, 0.25) is 5.91 Å². The summed E-state index contributed by atoms with van der Waals surface area (Å²) in [6, 6.07) is 17.4. The summed E-state index contributed by atoms with van der Waals surface area (Å²) >= 11 is 5.83. The normalized spacial score (nSPS) is 11.6. The highest BCUT2D eigenvalue weighted by molar-refractivity contribution is 6.31. The molecular formula is C27H33ClN6O3. The van der Waals surface area contributed by atoms with E-state index in [-0.39, 0.29) is 46.6 Å². The average molecular weight is 525 g/mol. The molecule has 196 valence electrons. The Labute approximate surface area is 221 Å². The number of carbonyl (C=O) groups excluding carboxylic acids is 2. The fourth-order valence-electron chi connectivity index (χ4n) is 3.68. The molecule has 0 saturated carbocycles. The molecule has 0 aliphatic heterocycles. The highest BCUT2D eigenvalue weighted by Crippen LogP contribution is 2.19. The highest BCUT2D eigenvalue weighted by Gasteiger charge is 2.17. The standard InChI is InChI=1S/C27H33ClN6O3/c28-25-27(31)34-26(30)24(33-25)22(35)14-11-20(29)8-4-5-15-32-23(36)16-18-9-12-21(13-10-18)37-17-19-6-2-1-3-7-19/h1-3,6-7,9-10,12-13,20H,4-5,8,11,14-17,29H2,(H,32,36)(H4,30,31,34)/t20-/m0/s1. The maximum absolute atomic E-state index is 12.4. The molecule has 7 N–H and O–H groups in total. The Bertz CT molecular complexity index is 1170. The number of nitrogens with zero attached hydrogens (tertiary/aromatic N) is 2. The Kier molecular flexibility index (Phi) is 10.7. The molecular weight excluding hydrogens is 492 g/mol. The quantitative estimate of drug-likeness (QED) is 0.183. The van der Waals surface area contributed by atoms with E-state index in [1.54, 1.807) is 0 Å². The van der Waals surface area contributed by atoms with Crippen molar-refractivity contribution in [3.8, 4) is 5.75 Å². The predicted molar refractivity (Wildman–Crippen MR) is 145 cm³/mol. The molecule has 0 bridgehead atoms. The largest absolute Gasteiger partial charge is 0.489 e. The van der Waals surface area contributed by atoms with Crippen LogP contribution in [0.15, 0.2) is 54.6 Å². The van der Waals surface area contributed by atoms with E-state index >= 15 is 0 Å². The average Bonchev–Trinajstić information content (AvgIpc) is 2.89. The zero-order valence-corrected chi connectivity index (χ0v) is 21.4. The third kappa shape index (κ3) is 9.36. The number of nitrogens with one attached hydrogen (secondary N) is 1. The Morgan fingerprint density at radius 2 is 1.65 bits per heavy atom. The van der Waals surface area contributed by atoms with Crippen LogP contribution in [0.5, 0.6) is 5.75 Å². The Morgan fingerprint density at radius 1 is 0.919 bits per heavy atom. The maximum Gasteiger partial charge on any atom is 0.224 e. The molecule has 10 heteroatoms. The summed E-state index contributed by atoms with van der Waals surface area (Å²) in [5.41, 5.74) is 19.4. The number of rotatable bonds is 14. The number of nitrogens with two attached hydrogens (primary N) is 3. The molecule has 0 aliphatic carbocycles. The number of hydrogen-bond donors (Lipinski definition) is 4. The van der Waals surface area contributed by atoms with Gasteiger partial charge in [0.25, 0.3) is 0 Å². The number of amides is 1. The first-order valence-corrected chi connectivity index (χ1v) is 12.6. The Hall–Kier alpha value is -3.69. The van der Waals surface area contributed by atoms with Crippen LogP contribution < -0.4 is 27.3 Å². The van der Waals surface area contributed by atoms with Crippen LogP contribution in [0.25, 0.3) is 0 Å². The molecule has 2 aromatic carbocycles. The van der Waals surface area contributed by atoms with Gasteiger partial charge in [-0.1, -0.05) is 60.5 Å². The lowest BCUT2D eigenvalue weighted by Crippen LogP contribution is -2.27. The zero-order chi connectivity index (χ0) is 26.6. The lowest BCUT2D eigenvalue weighted by molar-refractivity contribution is -0.120. The van der Waals surface area contributed by atoms with Crippen molar-refractivity contribution in [1.82, 2.24) is 15.3 Å². The predicted octanol–water partition coefficient (Wildman–Crippen LogP) is 3.69. The first-order valence-electron chi connectivity index (χ1n) is 12.2. The van der Waals surface area contributed by atoms with Crippen molar-refractivity contribution in [2.75, 3.05) is 18.0 Å². The summed E-state index contributed by atoms with van der Waals surface area (Å²) in [6.45, 7) is 1.07. The summed E-state index contributed by atoms with van der Waals surface area (Å²) in [5, 5.41) is 2.89. The lowest BCUT2D eigenvalue weighted by Gasteiger charge is -2.12. The molecule has 3 aromatic rings. The van der Waals surface area contributed by atoms with E-state index in [0.717, 1.165) is 36.1 Å². The van der Waals surface area contributed by atoms with E-state index in [9.17, 15) is 9.59 Å². The fraction of sp³-hybridized carbons (Fsp3) is 0.333. The molecule has 1 amide bonds. The van der Waals surface area contributed by atoms with Gasteiger partial charge in [-0.05, 0) is 42.5 Å². The second-order valence-corrected chi connectivity index (χ2v) is 9.15. The monoisotopic (exact) mass is 524 g/mol. The first kappa shape index (κ1) is 27.9. The molecule has 0 saturated heterocycles. The van der Waals surface area contributed by atoms with E-state index in [1.165, 1.54) is 0 Å². The number of benzene rings is 2. The molecule has 1 atom stereocenters. The van der Waals surface area contributed by atoms with Crippen molar-refractivity contribution >= 4 is 34.9 Å². The van der Waals surface area contributed by atoms with Crippen LogP contribution >= 0.6 is 11.6 Å². The number of ketones is 1. The molecule has 0 unspecified atom stereocenters. The second-order valence-electron chi connectivity index (χ2n) is 8.80. The summed E-state index contributed by atoms with van der Waals surface area (Å²) in [5.74, 6) is 0.406. The summed E-state index contributed by atoms with van der Waals surface area (Å²) in [7, 11) is 0. The van der Waals surface area contributed by atoms with Crippen molar-refractivity contribution in [3.05, 3.63) is 76.6 Å². The number of Topliss-reactive ketones (excluding diaryl/α,β-unsaturated/α-hetero) is 1. The number of carbonyl (C=O) groups is 2. The number of halogens is 1. The number of anilines is 2. The molecule has 0 aliphatic rings. The minimum Gasteiger partial charge on any atom is -0.489 e. The van der Waals surface area contributed by atoms with E-state index < -0.39 is 0 Å². The lowest BCUT2D eigenvalue weighted by atomic mass is 10.0. The number of nitrogen functional groups attached to an aromatic ring is 2. The van der Waals surface area contributed by atoms with Crippen LogP contribution in [0, 0.1) is 0 Å². The highest BCUT2D eigenvalue weighted by atomic mass is 35.5. The van der Waals surface area contributed by atoms with Crippen LogP contribution in [0.4, 0.5) is 11.6 Å². The zero-order valence-electron chi connectivity index (χ0n) is 20.7. The molecule has 1 aromatic heterocycles. The minimum absolute atomic E-state index is 0.0125. The van der Waals surface area contributed by atoms with Gasteiger partial charge in [0.05, 0.1) is 6.42 Å². The SMILES string of the molecule is Nc1nc(N)c(C(=O)CC[C@@H](N)CCCCNC(=O)Cc2ccc(OCc3ccccc3)cc2)nc1Cl. The fourth-order valence-corrected chi connectivity index (χ4v) is 3.80. The molecule has 0 spiro atoms. The molecule has 0 radical (unpaired) electrons. The van der Waals surface area contributed by atoms with Gasteiger partial charge in [0.1, 0.15) is 18.1 Å². The topological polar surface area (TPSA) is 159 Å². The molecule has 1 heterocycles. The Morgan fingerprint density at radius 3 is 2.38 bits per heavy atom. The third-order valence-corrected chi connectivity index (χ3v) is 6.05. The van der Waals surface area contributed by atoms with Crippen LogP contribution in [0.3, 0.4) is 0 Å². The van der Waals surface area contributed by atoms with Crippen molar-refractivity contribution in [2.45, 2.75) is 51.2 Å². The van der Waals surface area contributed by atoms with Crippen LogP contribution in [-0.2, 0) is 17.8 Å². The van der Waals surface area contributed by atoms with Gasteiger partial charge in [-0.25, -0.2) is 9.97 Å². The maximum atomic E-state index is 12.4. The van der Waals surface area contributed by atoms with Gasteiger partial charge >= 0.3 is 0 Å². The number of hydrogen-bond acceptors (Lipinski definition) is 8. The smallest absolute Gasteiger partial charge is 0.224 e. The minimum atomic E-state index is -0.273. The number of unbranched alkanes of at least 4 members (excludes halogenated alkanes) is 1. The van der Waals surface area contributed by atoms with Crippen LogP contribution in [-0.4, -0.2) is 34.2 Å². The molecule has 0 fully saturated rings. The summed E-state index contributed by atoms with van der Waals surface area (Å²) in [4.78, 5) is 32.3. The van der Waals surface area contributed by atoms with Crippen molar-refractivity contribution in [2.24, 2.45) is 5.73 Å². The third-order valence-electron chi connectivity index (χ3n) is 5.77. The number of ether oxygens (including phenoxy) is 1. The number of aromatic nitrogens is 2. The molecule has 37 heavy (non-hydrogen) atoms. The summed E-state index contributed by atoms with van der Waals surface area (Å²) < 4.78 is 5.78. The second kappa shape index (κ2) is 14.2. The van der Waals surface area contributed by atoms with E-state index in [2.05, 4.69) is 15.3 Å².